The van der Waals surface area contributed by atoms with Crippen molar-refractivity contribution in [1.29, 1.82) is 0 Å². The molecule has 1 amide bonds. The number of nitrogens with one attached hydrogen (secondary N) is 2. The van der Waals surface area contributed by atoms with E-state index in [4.69, 9.17) is 4.98 Å². The van der Waals surface area contributed by atoms with Crippen LogP contribution in [0.4, 0.5) is 5.69 Å². The molecular weight excluding hydrogens is 430 g/mol. The van der Waals surface area contributed by atoms with Gasteiger partial charge in [-0.1, -0.05) is 0 Å². The van der Waals surface area contributed by atoms with Crippen LogP contribution >= 0.6 is 0 Å². The van der Waals surface area contributed by atoms with Crippen LogP contribution in [0.15, 0.2) is 30.5 Å². The summed E-state index contributed by atoms with van der Waals surface area (Å²) in [7, 11) is 1.84. The van der Waals surface area contributed by atoms with Crippen molar-refractivity contribution in [3.8, 4) is 17.1 Å². The summed E-state index contributed by atoms with van der Waals surface area (Å²) >= 11 is 0. The van der Waals surface area contributed by atoms with Gasteiger partial charge < -0.3 is 20.6 Å². The van der Waals surface area contributed by atoms with Crippen LogP contribution in [0.1, 0.15) is 29.9 Å². The number of rotatable bonds is 4. The van der Waals surface area contributed by atoms with Crippen LogP contribution in [0.3, 0.4) is 0 Å². The van der Waals surface area contributed by atoms with Gasteiger partial charge in [0.25, 0.3) is 5.91 Å². The Balaban J connectivity index is 1.68. The first-order valence-electron chi connectivity index (χ1n) is 11.6. The first-order chi connectivity index (χ1) is 16.4. The highest BCUT2D eigenvalue weighted by molar-refractivity contribution is 6.06. The minimum absolute atomic E-state index is 0.0684. The highest BCUT2D eigenvalue weighted by atomic mass is 16.3. The summed E-state index contributed by atoms with van der Waals surface area (Å²) in [5.74, 6) is 0.114. The third-order valence-corrected chi connectivity index (χ3v) is 6.33. The molecule has 1 saturated heterocycles. The highest BCUT2D eigenvalue weighted by Gasteiger charge is 2.22. The van der Waals surface area contributed by atoms with E-state index in [1.807, 2.05) is 51.4 Å². The Morgan fingerprint density at radius 3 is 2.88 bits per heavy atom. The Morgan fingerprint density at radius 1 is 1.29 bits per heavy atom. The van der Waals surface area contributed by atoms with Crippen molar-refractivity contribution in [1.82, 2.24) is 30.4 Å². The summed E-state index contributed by atoms with van der Waals surface area (Å²) in [5, 5.41) is 23.3. The van der Waals surface area contributed by atoms with Gasteiger partial charge in [-0.2, -0.15) is 5.10 Å². The predicted octanol–water partition coefficient (Wildman–Crippen LogP) is 2.75. The number of aryl methyl sites for hydroxylation is 2. The molecule has 3 N–H and O–H groups in total. The van der Waals surface area contributed by atoms with E-state index in [0.29, 0.717) is 46.1 Å². The largest absolute Gasteiger partial charge is 0.507 e. The van der Waals surface area contributed by atoms with Crippen LogP contribution in [-0.2, 0) is 7.05 Å². The lowest BCUT2D eigenvalue weighted by molar-refractivity contribution is 0.0952. The molecule has 9 nitrogen and oxygen atoms in total. The van der Waals surface area contributed by atoms with Crippen molar-refractivity contribution in [2.75, 3.05) is 31.1 Å². The summed E-state index contributed by atoms with van der Waals surface area (Å²) in [6, 6.07) is 8.17. The number of aromatic hydroxyl groups is 1. The second-order valence-electron chi connectivity index (χ2n) is 8.90. The van der Waals surface area contributed by atoms with Gasteiger partial charge in [-0.3, -0.25) is 9.48 Å². The van der Waals surface area contributed by atoms with E-state index < -0.39 is 0 Å². The van der Waals surface area contributed by atoms with Crippen LogP contribution in [0, 0.1) is 6.92 Å². The van der Waals surface area contributed by atoms with Crippen LogP contribution in [0.25, 0.3) is 33.2 Å². The topological polar surface area (TPSA) is 108 Å². The molecule has 5 rings (SSSR count). The zero-order valence-corrected chi connectivity index (χ0v) is 19.9. The lowest BCUT2D eigenvalue weighted by Gasteiger charge is -2.33. The number of hydrogen-bond donors (Lipinski definition) is 3. The average Bonchev–Trinajstić information content (AvgIpc) is 3.21. The van der Waals surface area contributed by atoms with E-state index in [1.54, 1.807) is 4.68 Å². The molecule has 1 atom stereocenters. The third kappa shape index (κ3) is 3.81. The maximum atomic E-state index is 13.0. The zero-order valence-electron chi connectivity index (χ0n) is 19.9. The van der Waals surface area contributed by atoms with Crippen LogP contribution in [0.5, 0.6) is 5.75 Å². The quantitative estimate of drug-likeness (QED) is 0.431. The molecule has 176 valence electrons. The van der Waals surface area contributed by atoms with Gasteiger partial charge in [-0.15, -0.1) is 0 Å². The lowest BCUT2D eigenvalue weighted by atomic mass is 10.0. The smallest absolute Gasteiger partial charge is 0.270 e. The number of amides is 1. The fourth-order valence-electron chi connectivity index (χ4n) is 4.63. The van der Waals surface area contributed by atoms with Gasteiger partial charge in [0.2, 0.25) is 0 Å². The Hall–Kier alpha value is -3.72. The lowest BCUT2D eigenvalue weighted by Crippen LogP contribution is -2.49. The molecule has 1 aliphatic heterocycles. The van der Waals surface area contributed by atoms with Gasteiger partial charge >= 0.3 is 0 Å². The fraction of sp³-hybridized carbons (Fsp3) is 0.360. The molecule has 1 fully saturated rings. The molecule has 9 heteroatoms. The Bertz CT molecular complexity index is 1410. The first-order valence-corrected chi connectivity index (χ1v) is 11.6. The molecular formula is C25H29N7O2. The van der Waals surface area contributed by atoms with Crippen molar-refractivity contribution >= 4 is 33.4 Å². The Morgan fingerprint density at radius 2 is 2.12 bits per heavy atom. The number of benzene rings is 2. The monoisotopic (exact) mass is 459 g/mol. The normalized spacial score (nSPS) is 16.4. The molecule has 2 aromatic carbocycles. The first kappa shape index (κ1) is 22.1. The summed E-state index contributed by atoms with van der Waals surface area (Å²) in [6.45, 7) is 9.04. The zero-order chi connectivity index (χ0) is 24.0. The molecule has 0 radical (unpaired) electrons. The molecule has 0 spiro atoms. The second-order valence-corrected chi connectivity index (χ2v) is 8.90. The number of fused-ring (bicyclic) bond motifs is 2. The molecule has 0 saturated carbocycles. The molecule has 0 unspecified atom stereocenters. The summed E-state index contributed by atoms with van der Waals surface area (Å²) in [4.78, 5) is 24.8. The highest BCUT2D eigenvalue weighted by Crippen LogP contribution is 2.36. The van der Waals surface area contributed by atoms with E-state index in [1.165, 1.54) is 0 Å². The van der Waals surface area contributed by atoms with Crippen molar-refractivity contribution in [3.63, 3.8) is 0 Å². The minimum atomic E-state index is -0.263. The van der Waals surface area contributed by atoms with Crippen LogP contribution in [0.2, 0.25) is 0 Å². The molecule has 4 aromatic rings. The number of nitrogens with zero attached hydrogens (tertiary/aromatic N) is 5. The van der Waals surface area contributed by atoms with Gasteiger partial charge in [-0.25, -0.2) is 9.97 Å². The number of hydrogen-bond acceptors (Lipinski definition) is 7. The minimum Gasteiger partial charge on any atom is -0.507 e. The van der Waals surface area contributed by atoms with E-state index in [0.717, 1.165) is 36.2 Å². The number of phenols is 1. The predicted molar refractivity (Wildman–Crippen MR) is 133 cm³/mol. The summed E-state index contributed by atoms with van der Waals surface area (Å²) in [6.07, 6.45) is 1.89. The Labute approximate surface area is 197 Å². The number of carbonyl (C=O) groups excluding carboxylic acids is 1. The van der Waals surface area contributed by atoms with Crippen molar-refractivity contribution in [3.05, 3.63) is 41.7 Å². The van der Waals surface area contributed by atoms with Gasteiger partial charge in [0, 0.05) is 67.5 Å². The Kier molecular flexibility index (Phi) is 5.57. The maximum Gasteiger partial charge on any atom is 0.270 e. The van der Waals surface area contributed by atoms with Crippen molar-refractivity contribution < 1.29 is 9.90 Å². The number of piperazine rings is 1. The molecule has 2 aromatic heterocycles. The third-order valence-electron chi connectivity index (χ3n) is 6.33. The fourth-order valence-corrected chi connectivity index (χ4v) is 4.63. The van der Waals surface area contributed by atoms with Crippen molar-refractivity contribution in [2.45, 2.75) is 26.8 Å². The summed E-state index contributed by atoms with van der Waals surface area (Å²) in [5.41, 5.74) is 3.85. The SMILES string of the molecule is CCNC(=O)c1nc(-c2cc3cn(C)nc3c(C)c2O)nc2ccc(N3CCN[C@@H](C)C3)cc12. The van der Waals surface area contributed by atoms with Gasteiger partial charge in [0.15, 0.2) is 5.82 Å². The number of anilines is 1. The van der Waals surface area contributed by atoms with Crippen LogP contribution in [-0.4, -0.2) is 63.0 Å². The number of phenolic OH excluding ortho intramolecular Hbond substituents is 1. The van der Waals surface area contributed by atoms with Crippen molar-refractivity contribution in [2.24, 2.45) is 7.05 Å². The molecule has 0 aliphatic carbocycles. The average molecular weight is 460 g/mol. The number of carbonyl (C=O) groups is 1. The maximum absolute atomic E-state index is 13.0. The molecule has 34 heavy (non-hydrogen) atoms. The van der Waals surface area contributed by atoms with E-state index in [-0.39, 0.29) is 11.7 Å². The molecule has 3 heterocycles. The van der Waals surface area contributed by atoms with E-state index in [9.17, 15) is 9.90 Å². The second kappa shape index (κ2) is 8.57. The molecule has 1 aliphatic rings. The van der Waals surface area contributed by atoms with Gasteiger partial charge in [-0.05, 0) is 45.0 Å². The van der Waals surface area contributed by atoms with Crippen LogP contribution < -0.4 is 15.5 Å². The van der Waals surface area contributed by atoms with E-state index >= 15 is 0 Å². The van der Waals surface area contributed by atoms with Gasteiger partial charge in [0.05, 0.1) is 16.6 Å². The van der Waals surface area contributed by atoms with E-state index in [2.05, 4.69) is 32.5 Å². The van der Waals surface area contributed by atoms with Gasteiger partial charge in [0.1, 0.15) is 11.4 Å². The molecule has 0 bridgehead atoms. The summed E-state index contributed by atoms with van der Waals surface area (Å²) < 4.78 is 1.71. The standard InChI is InChI=1S/C25H29N7O2/c1-5-26-25(34)22-18-11-17(32-9-8-27-14(2)12-32)6-7-20(18)28-24(29-22)19-10-16-13-31(4)30-21(16)15(3)23(19)33/h6-7,10-11,13-14,27,33H,5,8-9,12H2,1-4H3,(H,26,34)/t14-/m0/s1. The number of aromatic nitrogens is 4.